The standard InChI is InChI=1S/C15H19F3N2O5S.ClH/c16-12-6-11(3-4-13(12)25-15(17)18)26(23,24)20-5-1-2-10(9-20)7-19-8-14(21)22;/h3-4,6,10,15,19H,1-2,5,7-9H2,(H,21,22);1H. The number of sulfonamides is 1. The molecule has 0 radical (unpaired) electrons. The Bertz CT molecular complexity index is 751. The van der Waals surface area contributed by atoms with Crippen LogP contribution < -0.4 is 10.1 Å². The third-order valence-electron chi connectivity index (χ3n) is 3.95. The van der Waals surface area contributed by atoms with E-state index in [1.807, 2.05) is 0 Å². The second kappa shape index (κ2) is 10.1. The molecule has 7 nitrogen and oxygen atoms in total. The van der Waals surface area contributed by atoms with Gasteiger partial charge in [0.15, 0.2) is 11.6 Å². The molecule has 1 fully saturated rings. The van der Waals surface area contributed by atoms with E-state index in [0.29, 0.717) is 19.0 Å². The Kier molecular flexibility index (Phi) is 8.79. The second-order valence-corrected chi connectivity index (χ2v) is 7.80. The van der Waals surface area contributed by atoms with Crippen molar-refractivity contribution in [3.63, 3.8) is 0 Å². The molecule has 0 aromatic heterocycles. The number of halogens is 4. The van der Waals surface area contributed by atoms with Gasteiger partial charge in [-0.1, -0.05) is 0 Å². The molecule has 154 valence electrons. The van der Waals surface area contributed by atoms with Crippen LogP contribution in [0.25, 0.3) is 0 Å². The number of aliphatic carboxylic acids is 1. The van der Waals surface area contributed by atoms with Crippen molar-refractivity contribution in [2.75, 3.05) is 26.2 Å². The molecule has 1 saturated heterocycles. The van der Waals surface area contributed by atoms with Crippen LogP contribution in [0.4, 0.5) is 13.2 Å². The number of benzene rings is 1. The van der Waals surface area contributed by atoms with Gasteiger partial charge in [0.25, 0.3) is 0 Å². The SMILES string of the molecule is Cl.O=C(O)CNCC1CCCN(S(=O)(=O)c2ccc(OC(F)F)c(F)c2)C1. The van der Waals surface area contributed by atoms with E-state index in [-0.39, 0.29) is 42.9 Å². The number of carbonyl (C=O) groups is 1. The van der Waals surface area contributed by atoms with Gasteiger partial charge in [0, 0.05) is 13.1 Å². The van der Waals surface area contributed by atoms with Crippen molar-refractivity contribution < 1.29 is 36.2 Å². The molecule has 1 heterocycles. The maximum atomic E-state index is 13.8. The maximum absolute atomic E-state index is 13.8. The molecule has 0 amide bonds. The van der Waals surface area contributed by atoms with Crippen LogP contribution >= 0.6 is 12.4 Å². The van der Waals surface area contributed by atoms with E-state index < -0.39 is 34.2 Å². The van der Waals surface area contributed by atoms with E-state index in [4.69, 9.17) is 5.11 Å². The molecule has 12 heteroatoms. The zero-order valence-corrected chi connectivity index (χ0v) is 15.7. The first kappa shape index (κ1) is 23.5. The molecule has 1 aliphatic heterocycles. The van der Waals surface area contributed by atoms with Crippen LogP contribution in [0, 0.1) is 11.7 Å². The van der Waals surface area contributed by atoms with Crippen LogP contribution in [0.3, 0.4) is 0 Å². The van der Waals surface area contributed by atoms with Crippen molar-refractivity contribution in [2.24, 2.45) is 5.92 Å². The molecule has 2 N–H and O–H groups in total. The fraction of sp³-hybridized carbons (Fsp3) is 0.533. The van der Waals surface area contributed by atoms with Crippen molar-refractivity contribution >= 4 is 28.4 Å². The fourth-order valence-corrected chi connectivity index (χ4v) is 4.34. The lowest BCUT2D eigenvalue weighted by molar-refractivity contribution is -0.136. The van der Waals surface area contributed by atoms with Crippen molar-refractivity contribution in [1.29, 1.82) is 0 Å². The molecule has 0 aliphatic carbocycles. The van der Waals surface area contributed by atoms with Gasteiger partial charge < -0.3 is 15.2 Å². The summed E-state index contributed by atoms with van der Waals surface area (Å²) in [5.41, 5.74) is 0. The summed E-state index contributed by atoms with van der Waals surface area (Å²) in [5.74, 6) is -3.01. The monoisotopic (exact) mass is 432 g/mol. The van der Waals surface area contributed by atoms with E-state index in [2.05, 4.69) is 10.1 Å². The quantitative estimate of drug-likeness (QED) is 0.651. The average Bonchev–Trinajstić information content (AvgIpc) is 2.56. The summed E-state index contributed by atoms with van der Waals surface area (Å²) in [5, 5.41) is 11.3. The molecule has 0 spiro atoms. The minimum Gasteiger partial charge on any atom is -0.480 e. The van der Waals surface area contributed by atoms with E-state index in [1.165, 1.54) is 4.31 Å². The van der Waals surface area contributed by atoms with Crippen LogP contribution in [0.5, 0.6) is 5.75 Å². The largest absolute Gasteiger partial charge is 0.480 e. The first-order valence-electron chi connectivity index (χ1n) is 7.87. The van der Waals surface area contributed by atoms with Crippen LogP contribution in [0.15, 0.2) is 23.1 Å². The first-order valence-corrected chi connectivity index (χ1v) is 9.31. The number of ether oxygens (including phenoxy) is 1. The molecule has 2 rings (SSSR count). The first-order chi connectivity index (χ1) is 12.2. The van der Waals surface area contributed by atoms with Gasteiger partial charge in [-0.3, -0.25) is 4.79 Å². The minimum absolute atomic E-state index is 0. The fourth-order valence-electron chi connectivity index (χ4n) is 2.78. The summed E-state index contributed by atoms with van der Waals surface area (Å²) in [6.07, 6.45) is 1.31. The molecule has 1 atom stereocenters. The summed E-state index contributed by atoms with van der Waals surface area (Å²) in [6.45, 7) is -2.69. The topological polar surface area (TPSA) is 95.9 Å². The molecule has 0 saturated carbocycles. The number of hydrogen-bond acceptors (Lipinski definition) is 5. The minimum atomic E-state index is -4.00. The zero-order chi connectivity index (χ0) is 19.3. The number of rotatable bonds is 8. The van der Waals surface area contributed by atoms with Crippen molar-refractivity contribution in [3.8, 4) is 5.75 Å². The predicted octanol–water partition coefficient (Wildman–Crippen LogP) is 1.92. The Morgan fingerprint density at radius 1 is 1.41 bits per heavy atom. The number of hydrogen-bond donors (Lipinski definition) is 2. The van der Waals surface area contributed by atoms with Crippen LogP contribution in [0.2, 0.25) is 0 Å². The van der Waals surface area contributed by atoms with Gasteiger partial charge in [-0.05, 0) is 43.5 Å². The maximum Gasteiger partial charge on any atom is 0.387 e. The predicted molar refractivity (Wildman–Crippen MR) is 92.3 cm³/mol. The summed E-state index contributed by atoms with van der Waals surface area (Å²) >= 11 is 0. The average molecular weight is 433 g/mol. The van der Waals surface area contributed by atoms with E-state index >= 15 is 0 Å². The Morgan fingerprint density at radius 3 is 2.70 bits per heavy atom. The Balaban J connectivity index is 0.00000364. The molecular formula is C15H20ClF3N2O5S. The normalized spacial score (nSPS) is 18.1. The van der Waals surface area contributed by atoms with Gasteiger partial charge >= 0.3 is 12.6 Å². The Morgan fingerprint density at radius 2 is 2.11 bits per heavy atom. The second-order valence-electron chi connectivity index (χ2n) is 5.87. The highest BCUT2D eigenvalue weighted by Gasteiger charge is 2.31. The van der Waals surface area contributed by atoms with Gasteiger partial charge in [0.05, 0.1) is 11.4 Å². The molecule has 1 aliphatic rings. The van der Waals surface area contributed by atoms with Gasteiger partial charge in [0.1, 0.15) is 0 Å². The van der Waals surface area contributed by atoms with E-state index in [1.54, 1.807) is 0 Å². The Labute approximate surface area is 160 Å². The number of piperidine rings is 1. The molecule has 1 aromatic carbocycles. The third kappa shape index (κ3) is 6.52. The highest BCUT2D eigenvalue weighted by molar-refractivity contribution is 7.89. The summed E-state index contributed by atoms with van der Waals surface area (Å²) in [7, 11) is -4.00. The summed E-state index contributed by atoms with van der Waals surface area (Å²) < 4.78 is 68.6. The lowest BCUT2D eigenvalue weighted by Crippen LogP contribution is -2.43. The third-order valence-corrected chi connectivity index (χ3v) is 5.81. The van der Waals surface area contributed by atoms with Crippen LogP contribution in [-0.4, -0.2) is 56.6 Å². The summed E-state index contributed by atoms with van der Waals surface area (Å²) in [4.78, 5) is 10.2. The van der Waals surface area contributed by atoms with Crippen molar-refractivity contribution in [1.82, 2.24) is 9.62 Å². The highest BCUT2D eigenvalue weighted by atomic mass is 35.5. The van der Waals surface area contributed by atoms with E-state index in [9.17, 15) is 26.4 Å². The molecule has 1 unspecified atom stereocenters. The number of nitrogens with one attached hydrogen (secondary N) is 1. The molecular weight excluding hydrogens is 413 g/mol. The Hall–Kier alpha value is -1.56. The molecule has 1 aromatic rings. The highest BCUT2D eigenvalue weighted by Crippen LogP contribution is 2.27. The lowest BCUT2D eigenvalue weighted by atomic mass is 10.00. The lowest BCUT2D eigenvalue weighted by Gasteiger charge is -2.32. The van der Waals surface area contributed by atoms with Gasteiger partial charge in [-0.2, -0.15) is 13.1 Å². The smallest absolute Gasteiger partial charge is 0.387 e. The zero-order valence-electron chi connectivity index (χ0n) is 14.1. The van der Waals surface area contributed by atoms with Crippen molar-refractivity contribution in [3.05, 3.63) is 24.0 Å². The molecule has 0 bridgehead atoms. The number of carboxylic acids is 1. The number of nitrogens with zero attached hydrogens (tertiary/aromatic N) is 1. The number of alkyl halides is 2. The number of carboxylic acid groups (broad SMARTS) is 1. The van der Waals surface area contributed by atoms with Crippen LogP contribution in [-0.2, 0) is 14.8 Å². The van der Waals surface area contributed by atoms with E-state index in [0.717, 1.165) is 18.6 Å². The summed E-state index contributed by atoms with van der Waals surface area (Å²) in [6, 6.07) is 2.52. The van der Waals surface area contributed by atoms with Gasteiger partial charge in [-0.25, -0.2) is 12.8 Å². The molecule has 27 heavy (non-hydrogen) atoms. The van der Waals surface area contributed by atoms with Gasteiger partial charge in [0.2, 0.25) is 10.0 Å². The van der Waals surface area contributed by atoms with Crippen molar-refractivity contribution in [2.45, 2.75) is 24.3 Å². The van der Waals surface area contributed by atoms with Crippen LogP contribution in [0.1, 0.15) is 12.8 Å². The van der Waals surface area contributed by atoms with Gasteiger partial charge in [-0.15, -0.1) is 12.4 Å².